The zero-order valence-corrected chi connectivity index (χ0v) is 14.0. The first kappa shape index (κ1) is 16.5. The van der Waals surface area contributed by atoms with Gasteiger partial charge in [0.1, 0.15) is 0 Å². The summed E-state index contributed by atoms with van der Waals surface area (Å²) in [6.07, 6.45) is 4.36. The molecule has 1 aromatic carbocycles. The summed E-state index contributed by atoms with van der Waals surface area (Å²) in [5.74, 6) is 0.423. The lowest BCUT2D eigenvalue weighted by Gasteiger charge is -2.33. The number of nitrogens with one attached hydrogen (secondary N) is 1. The van der Waals surface area contributed by atoms with Crippen LogP contribution >= 0.6 is 0 Å². The summed E-state index contributed by atoms with van der Waals surface area (Å²) < 4.78 is 25.1. The second kappa shape index (κ2) is 6.90. The Hall–Kier alpha value is -0.910. The normalized spacial score (nSPS) is 22.1. The molecule has 1 N–H and O–H groups in total. The zero-order valence-electron chi connectivity index (χ0n) is 13.2. The topological polar surface area (TPSA) is 49.4 Å². The number of piperidine rings is 1. The van der Waals surface area contributed by atoms with Gasteiger partial charge >= 0.3 is 0 Å². The maximum Gasteiger partial charge on any atom is 0.211 e. The minimum Gasteiger partial charge on any atom is -0.313 e. The number of aryl methyl sites for hydroxylation is 1. The van der Waals surface area contributed by atoms with E-state index in [4.69, 9.17) is 0 Å². The molecule has 2 atom stereocenters. The van der Waals surface area contributed by atoms with Crippen LogP contribution in [0.15, 0.2) is 24.3 Å². The summed E-state index contributed by atoms with van der Waals surface area (Å²) in [7, 11) is -1.08. The van der Waals surface area contributed by atoms with E-state index in [1.807, 2.05) is 7.05 Å². The summed E-state index contributed by atoms with van der Waals surface area (Å²) in [5.41, 5.74) is 2.54. The molecule has 0 radical (unpaired) electrons. The summed E-state index contributed by atoms with van der Waals surface area (Å²) in [4.78, 5) is 0. The van der Waals surface area contributed by atoms with Crippen molar-refractivity contribution in [3.63, 3.8) is 0 Å². The lowest BCUT2D eigenvalue weighted by molar-refractivity contribution is 0.240. The third-order valence-corrected chi connectivity index (χ3v) is 5.58. The number of hydrogen-bond donors (Lipinski definition) is 1. The molecule has 4 nitrogen and oxygen atoms in total. The number of rotatable bonds is 5. The van der Waals surface area contributed by atoms with Crippen LogP contribution in [0.4, 0.5) is 0 Å². The Kier molecular flexibility index (Phi) is 5.41. The first-order valence-corrected chi connectivity index (χ1v) is 9.44. The highest BCUT2D eigenvalue weighted by Crippen LogP contribution is 2.28. The van der Waals surface area contributed by atoms with E-state index in [0.29, 0.717) is 19.0 Å². The van der Waals surface area contributed by atoms with Gasteiger partial charge in [-0.2, -0.15) is 0 Å². The van der Waals surface area contributed by atoms with E-state index in [1.54, 1.807) is 4.31 Å². The third kappa shape index (κ3) is 4.53. The van der Waals surface area contributed by atoms with Crippen molar-refractivity contribution in [2.45, 2.75) is 32.2 Å². The van der Waals surface area contributed by atoms with Crippen LogP contribution < -0.4 is 5.32 Å². The molecular weight excluding hydrogens is 284 g/mol. The van der Waals surface area contributed by atoms with Gasteiger partial charge in [-0.15, -0.1) is 0 Å². The van der Waals surface area contributed by atoms with E-state index >= 15 is 0 Å². The predicted molar refractivity (Wildman–Crippen MR) is 86.7 cm³/mol. The molecule has 0 aliphatic carbocycles. The summed E-state index contributed by atoms with van der Waals surface area (Å²) in [5, 5.41) is 3.38. The minimum atomic E-state index is -3.06. The van der Waals surface area contributed by atoms with Gasteiger partial charge in [0, 0.05) is 19.1 Å². The first-order chi connectivity index (χ1) is 9.90. The molecule has 2 rings (SSSR count). The van der Waals surface area contributed by atoms with Crippen molar-refractivity contribution in [2.24, 2.45) is 5.92 Å². The molecule has 0 spiro atoms. The van der Waals surface area contributed by atoms with Crippen LogP contribution in [0.25, 0.3) is 0 Å². The Morgan fingerprint density at radius 3 is 2.81 bits per heavy atom. The van der Waals surface area contributed by atoms with Gasteiger partial charge in [0.25, 0.3) is 0 Å². The van der Waals surface area contributed by atoms with Crippen molar-refractivity contribution >= 4 is 10.0 Å². The van der Waals surface area contributed by atoms with Gasteiger partial charge in [-0.05, 0) is 44.7 Å². The van der Waals surface area contributed by atoms with Crippen molar-refractivity contribution in [3.05, 3.63) is 35.4 Å². The van der Waals surface area contributed by atoms with E-state index < -0.39 is 10.0 Å². The molecule has 5 heteroatoms. The number of sulfonamides is 1. The lowest BCUT2D eigenvalue weighted by Crippen LogP contribution is -2.40. The van der Waals surface area contributed by atoms with E-state index in [2.05, 4.69) is 36.5 Å². The van der Waals surface area contributed by atoms with Crippen LogP contribution in [0.5, 0.6) is 0 Å². The largest absolute Gasteiger partial charge is 0.313 e. The molecule has 1 aromatic rings. The van der Waals surface area contributed by atoms with Crippen molar-refractivity contribution in [1.82, 2.24) is 9.62 Å². The van der Waals surface area contributed by atoms with Crippen LogP contribution in [-0.4, -0.2) is 39.1 Å². The van der Waals surface area contributed by atoms with Gasteiger partial charge in [-0.3, -0.25) is 0 Å². The second-order valence-corrected chi connectivity index (χ2v) is 8.10. The highest BCUT2D eigenvalue weighted by Gasteiger charge is 2.27. The van der Waals surface area contributed by atoms with Crippen LogP contribution in [0.1, 0.15) is 36.4 Å². The summed E-state index contributed by atoms with van der Waals surface area (Å²) in [6, 6.07) is 8.82. The van der Waals surface area contributed by atoms with E-state index in [9.17, 15) is 8.42 Å². The summed E-state index contributed by atoms with van der Waals surface area (Å²) >= 11 is 0. The fourth-order valence-corrected chi connectivity index (χ4v) is 4.10. The smallest absolute Gasteiger partial charge is 0.211 e. The fourth-order valence-electron chi connectivity index (χ4n) is 3.16. The number of benzene rings is 1. The summed E-state index contributed by atoms with van der Waals surface area (Å²) in [6.45, 7) is 3.43. The number of hydrogen-bond acceptors (Lipinski definition) is 3. The van der Waals surface area contributed by atoms with Gasteiger partial charge < -0.3 is 5.32 Å². The molecule has 118 valence electrons. The SMILES string of the molecule is CNC(CC1CCCN(S(C)(=O)=O)C1)c1cccc(C)c1. The van der Waals surface area contributed by atoms with Crippen molar-refractivity contribution in [3.8, 4) is 0 Å². The van der Waals surface area contributed by atoms with Gasteiger partial charge in [-0.1, -0.05) is 29.8 Å². The van der Waals surface area contributed by atoms with Crippen LogP contribution in [0, 0.1) is 12.8 Å². The van der Waals surface area contributed by atoms with Gasteiger partial charge in [0.2, 0.25) is 10.0 Å². The quantitative estimate of drug-likeness (QED) is 0.908. The van der Waals surface area contributed by atoms with Crippen molar-refractivity contribution in [1.29, 1.82) is 0 Å². The van der Waals surface area contributed by atoms with Crippen LogP contribution in [0.2, 0.25) is 0 Å². The van der Waals surface area contributed by atoms with Crippen LogP contribution in [-0.2, 0) is 10.0 Å². The molecule has 0 bridgehead atoms. The van der Waals surface area contributed by atoms with Crippen molar-refractivity contribution in [2.75, 3.05) is 26.4 Å². The molecule has 21 heavy (non-hydrogen) atoms. The maximum atomic E-state index is 11.7. The van der Waals surface area contributed by atoms with Crippen LogP contribution in [0.3, 0.4) is 0 Å². The van der Waals surface area contributed by atoms with Gasteiger partial charge in [-0.25, -0.2) is 12.7 Å². The Morgan fingerprint density at radius 2 is 2.19 bits per heavy atom. The molecule has 0 saturated carbocycles. The Balaban J connectivity index is 2.05. The van der Waals surface area contributed by atoms with E-state index in [-0.39, 0.29) is 6.04 Å². The monoisotopic (exact) mass is 310 g/mol. The molecule has 0 amide bonds. The lowest BCUT2D eigenvalue weighted by atomic mass is 9.89. The predicted octanol–water partition coefficient (Wildman–Crippen LogP) is 2.32. The molecule has 1 fully saturated rings. The average molecular weight is 310 g/mol. The molecule has 2 unspecified atom stereocenters. The van der Waals surface area contributed by atoms with E-state index in [1.165, 1.54) is 17.4 Å². The molecular formula is C16H26N2O2S. The molecule has 0 aromatic heterocycles. The highest BCUT2D eigenvalue weighted by atomic mass is 32.2. The Morgan fingerprint density at radius 1 is 1.43 bits per heavy atom. The van der Waals surface area contributed by atoms with Gasteiger partial charge in [0.05, 0.1) is 6.26 Å². The van der Waals surface area contributed by atoms with E-state index in [0.717, 1.165) is 19.3 Å². The Bertz CT molecular complexity index is 571. The highest BCUT2D eigenvalue weighted by molar-refractivity contribution is 7.88. The van der Waals surface area contributed by atoms with Crippen molar-refractivity contribution < 1.29 is 8.42 Å². The Labute approximate surface area is 128 Å². The molecule has 1 heterocycles. The molecule has 1 aliphatic heterocycles. The third-order valence-electron chi connectivity index (χ3n) is 4.31. The second-order valence-electron chi connectivity index (χ2n) is 6.12. The standard InChI is InChI=1S/C16H26N2O2S/c1-13-6-4-8-15(10-13)16(17-2)11-14-7-5-9-18(12-14)21(3,19)20/h4,6,8,10,14,16-17H,5,7,9,11-12H2,1-3H3. The minimum absolute atomic E-state index is 0.286. The number of nitrogens with zero attached hydrogens (tertiary/aromatic N) is 1. The first-order valence-electron chi connectivity index (χ1n) is 7.59. The fraction of sp³-hybridized carbons (Fsp3) is 0.625. The molecule has 1 aliphatic rings. The van der Waals surface area contributed by atoms with Gasteiger partial charge in [0.15, 0.2) is 0 Å². The molecule has 1 saturated heterocycles. The zero-order chi connectivity index (χ0) is 15.5. The average Bonchev–Trinajstić information content (AvgIpc) is 2.44. The maximum absolute atomic E-state index is 11.7.